The van der Waals surface area contributed by atoms with E-state index >= 15 is 0 Å². The van der Waals surface area contributed by atoms with Crippen molar-refractivity contribution in [2.24, 2.45) is 0 Å². The Morgan fingerprint density at radius 1 is 0.778 bits per heavy atom. The van der Waals surface area contributed by atoms with Gasteiger partial charge in [-0.05, 0) is 43.3 Å². The highest BCUT2D eigenvalue weighted by atomic mass is 19.1. The van der Waals surface area contributed by atoms with E-state index in [-0.39, 0.29) is 11.4 Å². The van der Waals surface area contributed by atoms with Gasteiger partial charge in [0.25, 0.3) is 11.8 Å². The van der Waals surface area contributed by atoms with Crippen LogP contribution < -0.4 is 10.9 Å². The number of hydrogen-bond donors (Lipinski definition) is 2. The lowest BCUT2D eigenvalue weighted by atomic mass is 10.1. The van der Waals surface area contributed by atoms with Crippen LogP contribution in [0.3, 0.4) is 0 Å². The van der Waals surface area contributed by atoms with Crippen molar-refractivity contribution in [3.8, 4) is 22.6 Å². The van der Waals surface area contributed by atoms with Crippen LogP contribution in [0.25, 0.3) is 22.6 Å². The molecular formula is C27H21FN6O2. The van der Waals surface area contributed by atoms with Crippen molar-refractivity contribution in [2.45, 2.75) is 6.92 Å². The molecule has 2 N–H and O–H groups in total. The van der Waals surface area contributed by atoms with E-state index in [0.29, 0.717) is 22.6 Å². The highest BCUT2D eigenvalue weighted by Crippen LogP contribution is 2.23. The van der Waals surface area contributed by atoms with Crippen LogP contribution >= 0.6 is 0 Å². The second-order valence-corrected chi connectivity index (χ2v) is 7.98. The third kappa shape index (κ3) is 4.49. The Morgan fingerprint density at radius 2 is 1.39 bits per heavy atom. The number of hydrazine groups is 1. The molecule has 3 aromatic carbocycles. The summed E-state index contributed by atoms with van der Waals surface area (Å²) in [5.74, 6) is -1.42. The van der Waals surface area contributed by atoms with E-state index in [1.807, 2.05) is 60.7 Å². The van der Waals surface area contributed by atoms with E-state index < -0.39 is 11.8 Å². The predicted octanol–water partition coefficient (Wildman–Crippen LogP) is 4.25. The minimum absolute atomic E-state index is 0.267. The first kappa shape index (κ1) is 22.7. The van der Waals surface area contributed by atoms with Crippen molar-refractivity contribution >= 4 is 11.8 Å². The zero-order valence-electron chi connectivity index (χ0n) is 19.2. The molecule has 8 nitrogen and oxygen atoms in total. The van der Waals surface area contributed by atoms with E-state index in [1.165, 1.54) is 23.0 Å². The van der Waals surface area contributed by atoms with Gasteiger partial charge in [-0.2, -0.15) is 10.2 Å². The maximum absolute atomic E-state index is 13.2. The second kappa shape index (κ2) is 9.67. The minimum Gasteiger partial charge on any atom is -0.267 e. The molecule has 2 aromatic heterocycles. The predicted molar refractivity (Wildman–Crippen MR) is 132 cm³/mol. The molecule has 0 radical (unpaired) electrons. The van der Waals surface area contributed by atoms with E-state index in [0.717, 1.165) is 11.3 Å². The number of halogens is 1. The number of nitrogens with zero attached hydrogens (tertiary/aromatic N) is 4. The maximum atomic E-state index is 13.2. The fraction of sp³-hybridized carbons (Fsp3) is 0.0370. The van der Waals surface area contributed by atoms with Crippen LogP contribution in [-0.2, 0) is 0 Å². The van der Waals surface area contributed by atoms with Crippen molar-refractivity contribution in [3.05, 3.63) is 120 Å². The van der Waals surface area contributed by atoms with Gasteiger partial charge in [-0.25, -0.2) is 13.8 Å². The molecule has 0 aliphatic heterocycles. The van der Waals surface area contributed by atoms with Gasteiger partial charge in [-0.3, -0.25) is 20.4 Å². The summed E-state index contributed by atoms with van der Waals surface area (Å²) in [4.78, 5) is 25.9. The molecule has 0 spiro atoms. The highest BCUT2D eigenvalue weighted by Gasteiger charge is 2.21. The Bertz CT molecular complexity index is 1530. The molecule has 2 amide bonds. The number of carbonyl (C=O) groups is 2. The van der Waals surface area contributed by atoms with Crippen LogP contribution in [0.2, 0.25) is 0 Å². The summed E-state index contributed by atoms with van der Waals surface area (Å²) in [5, 5.41) is 8.84. The Hall–Kier alpha value is -5.05. The number of carbonyl (C=O) groups excluding carboxylic acids is 2. The van der Waals surface area contributed by atoms with Crippen molar-refractivity contribution in [1.29, 1.82) is 0 Å². The zero-order chi connectivity index (χ0) is 25.1. The first-order chi connectivity index (χ1) is 17.5. The summed E-state index contributed by atoms with van der Waals surface area (Å²) in [7, 11) is 0. The molecule has 36 heavy (non-hydrogen) atoms. The number of aromatic nitrogens is 4. The molecule has 2 heterocycles. The van der Waals surface area contributed by atoms with Gasteiger partial charge >= 0.3 is 0 Å². The van der Waals surface area contributed by atoms with Crippen LogP contribution in [0.1, 0.15) is 26.4 Å². The van der Waals surface area contributed by atoms with Crippen molar-refractivity contribution in [3.63, 3.8) is 0 Å². The van der Waals surface area contributed by atoms with Crippen LogP contribution in [0, 0.1) is 12.7 Å². The first-order valence-electron chi connectivity index (χ1n) is 11.1. The van der Waals surface area contributed by atoms with Crippen LogP contribution in [0.4, 0.5) is 4.39 Å². The lowest BCUT2D eigenvalue weighted by Gasteiger charge is -2.08. The molecule has 5 aromatic rings. The lowest BCUT2D eigenvalue weighted by Crippen LogP contribution is -2.41. The number of nitrogens with one attached hydrogen (secondary N) is 2. The number of rotatable bonds is 5. The molecule has 5 rings (SSSR count). The van der Waals surface area contributed by atoms with Gasteiger partial charge in [0.1, 0.15) is 11.5 Å². The summed E-state index contributed by atoms with van der Waals surface area (Å²) in [6.45, 7) is 1.71. The smallest absolute Gasteiger partial charge is 0.267 e. The van der Waals surface area contributed by atoms with Gasteiger partial charge < -0.3 is 0 Å². The van der Waals surface area contributed by atoms with Gasteiger partial charge in [-0.1, -0.05) is 48.5 Å². The third-order valence-electron chi connectivity index (χ3n) is 5.64. The fourth-order valence-corrected chi connectivity index (χ4v) is 3.79. The lowest BCUT2D eigenvalue weighted by molar-refractivity contribution is 0.0846. The number of benzene rings is 3. The summed E-state index contributed by atoms with van der Waals surface area (Å²) >= 11 is 0. The molecule has 0 saturated carbocycles. The average Bonchev–Trinajstić information content (AvgIpc) is 3.53. The van der Waals surface area contributed by atoms with Gasteiger partial charge in [0, 0.05) is 11.8 Å². The van der Waals surface area contributed by atoms with Gasteiger partial charge in [0.05, 0.1) is 34.4 Å². The normalized spacial score (nSPS) is 10.7. The molecular weight excluding hydrogens is 459 g/mol. The first-order valence-corrected chi connectivity index (χ1v) is 11.1. The average molecular weight is 481 g/mol. The molecule has 178 valence electrons. The summed E-state index contributed by atoms with van der Waals surface area (Å²) in [6, 6.07) is 24.5. The summed E-state index contributed by atoms with van der Waals surface area (Å²) in [6.07, 6.45) is 3.01. The van der Waals surface area contributed by atoms with E-state index in [1.54, 1.807) is 29.9 Å². The molecule has 0 aliphatic rings. The van der Waals surface area contributed by atoms with Crippen LogP contribution in [0.15, 0.2) is 97.3 Å². The molecule has 0 atom stereocenters. The molecule has 0 unspecified atom stereocenters. The van der Waals surface area contributed by atoms with Crippen LogP contribution in [-0.4, -0.2) is 31.4 Å². The van der Waals surface area contributed by atoms with Crippen LogP contribution in [0.5, 0.6) is 0 Å². The van der Waals surface area contributed by atoms with Crippen molar-refractivity contribution < 1.29 is 14.0 Å². The highest BCUT2D eigenvalue weighted by molar-refractivity contribution is 6.02. The SMILES string of the molecule is Cc1c(C(=O)NNC(=O)c2cn(-c3ccccc3)nc2-c2ccccc2)cnn1-c1ccc(F)cc1. The number of amides is 2. The largest absolute Gasteiger partial charge is 0.273 e. The summed E-state index contributed by atoms with van der Waals surface area (Å²) in [5.41, 5.74) is 8.67. The Labute approximate surface area is 206 Å². The molecule has 0 saturated heterocycles. The van der Waals surface area contributed by atoms with E-state index in [2.05, 4.69) is 21.0 Å². The zero-order valence-corrected chi connectivity index (χ0v) is 19.2. The maximum Gasteiger partial charge on any atom is 0.273 e. The Balaban J connectivity index is 1.37. The monoisotopic (exact) mass is 480 g/mol. The van der Waals surface area contributed by atoms with Gasteiger partial charge in [0.2, 0.25) is 0 Å². The van der Waals surface area contributed by atoms with Gasteiger partial charge in [-0.15, -0.1) is 0 Å². The molecule has 0 fully saturated rings. The van der Waals surface area contributed by atoms with E-state index in [9.17, 15) is 14.0 Å². The number of para-hydroxylation sites is 1. The summed E-state index contributed by atoms with van der Waals surface area (Å²) < 4.78 is 16.4. The standard InChI is InChI=1S/C27H21FN6O2/c1-18-23(16-29-34(18)22-14-12-20(28)13-15-22)26(35)30-31-27(36)24-17-33(21-10-6-3-7-11-21)32-25(24)19-8-4-2-5-9-19/h2-17H,1H3,(H,30,35)(H,31,36). The van der Waals surface area contributed by atoms with Crippen molar-refractivity contribution in [1.82, 2.24) is 30.4 Å². The minimum atomic E-state index is -0.536. The van der Waals surface area contributed by atoms with Crippen molar-refractivity contribution in [2.75, 3.05) is 0 Å². The topological polar surface area (TPSA) is 93.8 Å². The molecule has 0 aliphatic carbocycles. The molecule has 9 heteroatoms. The fourth-order valence-electron chi connectivity index (χ4n) is 3.79. The van der Waals surface area contributed by atoms with Gasteiger partial charge in [0.15, 0.2) is 0 Å². The third-order valence-corrected chi connectivity index (χ3v) is 5.64. The number of hydrogen-bond acceptors (Lipinski definition) is 4. The van der Waals surface area contributed by atoms with E-state index in [4.69, 9.17) is 0 Å². The Morgan fingerprint density at radius 3 is 2.06 bits per heavy atom. The second-order valence-electron chi connectivity index (χ2n) is 7.98. The quantitative estimate of drug-likeness (QED) is 0.368. The molecule has 0 bridgehead atoms. The Kier molecular flexibility index (Phi) is 6.10.